The molecule has 6 nitrogen and oxygen atoms in total. The van der Waals surface area contributed by atoms with E-state index in [-0.39, 0.29) is 47.6 Å². The quantitative estimate of drug-likeness (QED) is 0.298. The maximum atomic E-state index is 13.0. The van der Waals surface area contributed by atoms with Gasteiger partial charge in [0, 0.05) is 24.9 Å². The van der Waals surface area contributed by atoms with Gasteiger partial charge in [-0.05, 0) is 68.0 Å². The molecule has 0 bridgehead atoms. The van der Waals surface area contributed by atoms with Gasteiger partial charge in [0.25, 0.3) is 0 Å². The van der Waals surface area contributed by atoms with Crippen LogP contribution in [0.1, 0.15) is 99.3 Å². The summed E-state index contributed by atoms with van der Waals surface area (Å²) in [5, 5.41) is 10.2. The van der Waals surface area contributed by atoms with Crippen molar-refractivity contribution in [1.29, 1.82) is 0 Å². The molecule has 3 rings (SSSR count). The molecule has 3 aliphatic rings. The van der Waals surface area contributed by atoms with Crippen LogP contribution in [0.4, 0.5) is 0 Å². The second kappa shape index (κ2) is 11.9. The van der Waals surface area contributed by atoms with Crippen molar-refractivity contribution in [3.05, 3.63) is 0 Å². The van der Waals surface area contributed by atoms with Gasteiger partial charge in [-0.25, -0.2) is 0 Å². The van der Waals surface area contributed by atoms with Crippen LogP contribution >= 0.6 is 0 Å². The Balaban J connectivity index is 1.79. The van der Waals surface area contributed by atoms with Gasteiger partial charge in [0.2, 0.25) is 0 Å². The minimum atomic E-state index is -1.94. The zero-order valence-corrected chi connectivity index (χ0v) is 25.0. The lowest BCUT2D eigenvalue weighted by Crippen LogP contribution is -2.53. The molecular weight excluding hydrogens is 472 g/mol. The van der Waals surface area contributed by atoms with Crippen LogP contribution in [-0.4, -0.2) is 49.8 Å². The summed E-state index contributed by atoms with van der Waals surface area (Å²) in [6.45, 7) is 17.8. The Morgan fingerprint density at radius 3 is 2.47 bits per heavy atom. The molecular formula is C29H52O6Si. The van der Waals surface area contributed by atoms with Gasteiger partial charge < -0.3 is 19.0 Å². The topological polar surface area (TPSA) is 82.1 Å². The third-order valence-corrected chi connectivity index (χ3v) is 14.4. The van der Waals surface area contributed by atoms with E-state index in [0.29, 0.717) is 30.1 Å². The van der Waals surface area contributed by atoms with Crippen molar-refractivity contribution in [3.63, 3.8) is 0 Å². The highest BCUT2D eigenvalue weighted by Crippen LogP contribution is 2.51. The van der Waals surface area contributed by atoms with Gasteiger partial charge in [0.05, 0.1) is 18.4 Å². The van der Waals surface area contributed by atoms with Crippen molar-refractivity contribution in [2.45, 2.75) is 142 Å². The van der Waals surface area contributed by atoms with Crippen molar-refractivity contribution in [2.75, 3.05) is 0 Å². The Morgan fingerprint density at radius 1 is 1.17 bits per heavy atom. The third-order valence-electron chi connectivity index (χ3n) is 9.86. The number of hydrogen-bond acceptors (Lipinski definition) is 6. The number of ether oxygens (including phenoxy) is 2. The molecule has 7 heteroatoms. The number of carbonyl (C=O) groups is 2. The molecule has 1 unspecified atom stereocenters. The van der Waals surface area contributed by atoms with E-state index in [1.165, 1.54) is 0 Å². The summed E-state index contributed by atoms with van der Waals surface area (Å²) in [4.78, 5) is 24.9. The smallest absolute Gasteiger partial charge is 0.308 e. The zero-order valence-electron chi connectivity index (χ0n) is 24.0. The van der Waals surface area contributed by atoms with Crippen molar-refractivity contribution in [2.24, 2.45) is 29.6 Å². The molecule has 9 atom stereocenters. The minimum absolute atomic E-state index is 0.0875. The average Bonchev–Trinajstić information content (AvgIpc) is 2.76. The predicted molar refractivity (Wildman–Crippen MR) is 144 cm³/mol. The number of fused-ring (bicyclic) bond motifs is 1. The zero-order chi connectivity index (χ0) is 26.8. The molecule has 2 aliphatic carbocycles. The van der Waals surface area contributed by atoms with E-state index >= 15 is 0 Å². The highest BCUT2D eigenvalue weighted by Gasteiger charge is 2.50. The third kappa shape index (κ3) is 7.13. The van der Waals surface area contributed by atoms with Gasteiger partial charge in [-0.3, -0.25) is 9.59 Å². The lowest BCUT2D eigenvalue weighted by molar-refractivity contribution is -0.171. The van der Waals surface area contributed by atoms with E-state index in [1.54, 1.807) is 0 Å². The average molecular weight is 525 g/mol. The van der Waals surface area contributed by atoms with Crippen molar-refractivity contribution < 1.29 is 28.6 Å². The summed E-state index contributed by atoms with van der Waals surface area (Å²) in [6, 6.07) is 0. The molecule has 0 aromatic heterocycles. The predicted octanol–water partition coefficient (Wildman–Crippen LogP) is 6.25. The van der Waals surface area contributed by atoms with E-state index < -0.39 is 14.4 Å². The second-order valence-electron chi connectivity index (χ2n) is 13.6. The first kappa shape index (κ1) is 29.6. The monoisotopic (exact) mass is 524 g/mol. The van der Waals surface area contributed by atoms with Crippen LogP contribution in [0.3, 0.4) is 0 Å². The molecule has 0 aromatic rings. The van der Waals surface area contributed by atoms with Crippen LogP contribution in [0, 0.1) is 29.6 Å². The maximum absolute atomic E-state index is 13.0. The fraction of sp³-hybridized carbons (Fsp3) is 0.931. The van der Waals surface area contributed by atoms with Gasteiger partial charge in [0.15, 0.2) is 8.32 Å². The second-order valence-corrected chi connectivity index (χ2v) is 18.4. The number of hydrogen-bond donors (Lipinski definition) is 1. The van der Waals surface area contributed by atoms with Crippen molar-refractivity contribution in [1.82, 2.24) is 0 Å². The maximum Gasteiger partial charge on any atom is 0.308 e. The molecule has 0 aromatic carbocycles. The molecule has 1 saturated heterocycles. The van der Waals surface area contributed by atoms with E-state index in [2.05, 4.69) is 40.8 Å². The van der Waals surface area contributed by atoms with E-state index in [9.17, 15) is 14.7 Å². The number of aliphatic hydroxyl groups excluding tert-OH is 1. The molecule has 0 radical (unpaired) electrons. The summed E-state index contributed by atoms with van der Waals surface area (Å²) in [5.74, 6) is 1.23. The van der Waals surface area contributed by atoms with Crippen LogP contribution in [0.5, 0.6) is 0 Å². The van der Waals surface area contributed by atoms with Crippen molar-refractivity contribution in [3.8, 4) is 0 Å². The molecule has 1 N–H and O–H groups in total. The van der Waals surface area contributed by atoms with Crippen molar-refractivity contribution >= 4 is 20.3 Å². The molecule has 208 valence electrons. The van der Waals surface area contributed by atoms with E-state index in [0.717, 1.165) is 44.9 Å². The number of cyclic esters (lactones) is 1. The molecule has 2 saturated carbocycles. The van der Waals surface area contributed by atoms with Gasteiger partial charge in [-0.2, -0.15) is 0 Å². The van der Waals surface area contributed by atoms with Crippen LogP contribution in [0.25, 0.3) is 0 Å². The lowest BCUT2D eigenvalue weighted by atomic mass is 9.59. The number of esters is 2. The van der Waals surface area contributed by atoms with Gasteiger partial charge in [-0.1, -0.05) is 48.0 Å². The molecule has 3 fully saturated rings. The van der Waals surface area contributed by atoms with Gasteiger partial charge >= 0.3 is 11.9 Å². The summed E-state index contributed by atoms with van der Waals surface area (Å²) < 4.78 is 18.8. The summed E-state index contributed by atoms with van der Waals surface area (Å²) in [7, 11) is -1.94. The highest BCUT2D eigenvalue weighted by molar-refractivity contribution is 6.74. The molecule has 1 heterocycles. The Hall–Kier alpha value is -0.923. The van der Waals surface area contributed by atoms with E-state index in [4.69, 9.17) is 13.9 Å². The minimum Gasteiger partial charge on any atom is -0.462 e. The number of rotatable bonds is 8. The molecule has 36 heavy (non-hydrogen) atoms. The summed E-state index contributed by atoms with van der Waals surface area (Å²) in [6.07, 6.45) is 6.40. The number of carbonyl (C=O) groups excluding carboxylic acids is 2. The van der Waals surface area contributed by atoms with Gasteiger partial charge in [-0.15, -0.1) is 0 Å². The molecule has 0 amide bonds. The summed E-state index contributed by atoms with van der Waals surface area (Å²) >= 11 is 0. The molecule has 1 aliphatic heterocycles. The van der Waals surface area contributed by atoms with Gasteiger partial charge in [0.1, 0.15) is 12.2 Å². The van der Waals surface area contributed by atoms with Crippen LogP contribution in [0.2, 0.25) is 18.1 Å². The first-order chi connectivity index (χ1) is 16.7. The largest absolute Gasteiger partial charge is 0.462 e. The highest BCUT2D eigenvalue weighted by atomic mass is 28.4. The van der Waals surface area contributed by atoms with E-state index in [1.807, 2.05) is 13.8 Å². The standard InChI is InChI=1S/C29H52O6Si/c1-9-18(2)28(32)34-25-17-23(35-36(7,8)29(4,5)6)14-20-11-10-19(3)24(27(20)25)13-12-22-15-21(30)16-26(31)33-22/h18-25,27,30H,9-17H2,1-8H3/t18-,19+,20+,21-,22?,23-,24+,25+,27+/m1/s1. The summed E-state index contributed by atoms with van der Waals surface area (Å²) in [5.41, 5.74) is 0. The number of aliphatic hydroxyl groups is 1. The first-order valence-corrected chi connectivity index (χ1v) is 17.4. The SMILES string of the molecule is CC[C@@H](C)C(=O)O[C@H]1C[C@H](O[Si](C)(C)C(C)(C)C)C[C@@H]2CC[C@H](C)[C@H](CCC3C[C@@H](O)CC(=O)O3)[C@H]21. The Morgan fingerprint density at radius 2 is 1.86 bits per heavy atom. The fourth-order valence-electron chi connectivity index (χ4n) is 6.46. The Kier molecular flexibility index (Phi) is 9.76. The van der Waals surface area contributed by atoms with Crippen LogP contribution in [0.15, 0.2) is 0 Å². The van der Waals surface area contributed by atoms with Crippen LogP contribution in [-0.2, 0) is 23.5 Å². The Labute approximate surface area is 220 Å². The first-order valence-electron chi connectivity index (χ1n) is 14.5. The fourth-order valence-corrected chi connectivity index (χ4v) is 7.84. The van der Waals surface area contributed by atoms with Crippen LogP contribution < -0.4 is 0 Å². The lowest BCUT2D eigenvalue weighted by Gasteiger charge is -2.52. The normalized spacial score (nSPS) is 36.5. The molecule has 0 spiro atoms. The Bertz CT molecular complexity index is 761.